The Kier molecular flexibility index (Phi) is 6.81. The van der Waals surface area contributed by atoms with E-state index in [1.807, 2.05) is 24.0 Å². The summed E-state index contributed by atoms with van der Waals surface area (Å²) in [5, 5.41) is 4.52. The predicted octanol–water partition coefficient (Wildman–Crippen LogP) is 3.77. The number of ether oxygens (including phenoxy) is 1. The maximum absolute atomic E-state index is 12.8. The lowest BCUT2D eigenvalue weighted by atomic mass is 9.77. The zero-order chi connectivity index (χ0) is 23.8. The molecule has 180 valence electrons. The van der Waals surface area contributed by atoms with Gasteiger partial charge in [0.05, 0.1) is 23.9 Å². The number of hydrogen-bond acceptors (Lipinski definition) is 4. The van der Waals surface area contributed by atoms with Crippen LogP contribution in [0.1, 0.15) is 35.6 Å². The second-order valence-electron chi connectivity index (χ2n) is 9.58. The Hall–Kier alpha value is -2.39. The summed E-state index contributed by atoms with van der Waals surface area (Å²) in [5.74, 6) is 0.813. The highest BCUT2D eigenvalue weighted by Crippen LogP contribution is 2.43. The Labute approximate surface area is 192 Å². The van der Waals surface area contributed by atoms with Gasteiger partial charge in [0.1, 0.15) is 6.61 Å². The summed E-state index contributed by atoms with van der Waals surface area (Å²) in [4.78, 5) is 15.9. The number of aromatic nitrogens is 2. The van der Waals surface area contributed by atoms with Gasteiger partial charge in [0.25, 0.3) is 0 Å². The number of aryl methyl sites for hydroxylation is 1. The highest BCUT2D eigenvalue weighted by Gasteiger charge is 2.43. The van der Waals surface area contributed by atoms with Crippen molar-refractivity contribution in [1.29, 1.82) is 0 Å². The Morgan fingerprint density at radius 1 is 1.15 bits per heavy atom. The van der Waals surface area contributed by atoms with E-state index in [1.54, 1.807) is 26.2 Å². The van der Waals surface area contributed by atoms with Crippen molar-refractivity contribution >= 4 is 5.91 Å². The van der Waals surface area contributed by atoms with Crippen molar-refractivity contribution in [3.05, 3.63) is 53.3 Å². The zero-order valence-electron chi connectivity index (χ0n) is 19.3. The van der Waals surface area contributed by atoms with Crippen LogP contribution < -0.4 is 0 Å². The van der Waals surface area contributed by atoms with Crippen LogP contribution in [-0.4, -0.2) is 65.4 Å². The molecule has 1 saturated heterocycles. The third kappa shape index (κ3) is 5.58. The van der Waals surface area contributed by atoms with Gasteiger partial charge in [-0.15, -0.1) is 0 Å². The summed E-state index contributed by atoms with van der Waals surface area (Å²) in [5.41, 5.74) is 1.34. The summed E-state index contributed by atoms with van der Waals surface area (Å²) in [6.07, 6.45) is 1.16. The molecule has 0 N–H and O–H groups in total. The smallest absolute Gasteiger partial charge is 0.366 e. The number of fused-ring (bicyclic) bond motifs is 1. The molecular weight excluding hydrogens is 433 g/mol. The van der Waals surface area contributed by atoms with Crippen molar-refractivity contribution < 1.29 is 22.7 Å². The number of likely N-dealkylation sites (tertiary alicyclic amines) is 1. The summed E-state index contributed by atoms with van der Waals surface area (Å²) in [6.45, 7) is 4.44. The number of rotatable bonds is 6. The van der Waals surface area contributed by atoms with Gasteiger partial charge in [-0.2, -0.15) is 18.3 Å². The largest absolute Gasteiger partial charge is 0.416 e. The number of benzene rings is 1. The van der Waals surface area contributed by atoms with Crippen molar-refractivity contribution in [2.45, 2.75) is 44.6 Å². The minimum absolute atomic E-state index is 0.0427. The third-order valence-electron chi connectivity index (χ3n) is 6.84. The highest BCUT2D eigenvalue weighted by atomic mass is 19.4. The van der Waals surface area contributed by atoms with Gasteiger partial charge in [0.2, 0.25) is 5.91 Å². The van der Waals surface area contributed by atoms with Crippen LogP contribution in [0.5, 0.6) is 0 Å². The number of alkyl halides is 3. The van der Waals surface area contributed by atoms with E-state index >= 15 is 0 Å². The predicted molar refractivity (Wildman–Crippen MR) is 117 cm³/mol. The molecule has 1 aliphatic heterocycles. The average Bonchev–Trinajstić information content (AvgIpc) is 3.35. The molecule has 2 fully saturated rings. The molecule has 6 nitrogen and oxygen atoms in total. The van der Waals surface area contributed by atoms with E-state index < -0.39 is 11.7 Å². The molecule has 1 aromatic carbocycles. The van der Waals surface area contributed by atoms with Crippen LogP contribution in [0.25, 0.3) is 0 Å². The second-order valence-corrected chi connectivity index (χ2v) is 9.58. The molecule has 2 heterocycles. The third-order valence-corrected chi connectivity index (χ3v) is 6.84. The summed E-state index contributed by atoms with van der Waals surface area (Å²) >= 11 is 0. The molecule has 2 aliphatic rings. The number of hydrogen-bond donors (Lipinski definition) is 0. The maximum Gasteiger partial charge on any atom is 0.416 e. The van der Waals surface area contributed by atoms with E-state index in [2.05, 4.69) is 10.00 Å². The minimum Gasteiger partial charge on any atom is -0.366 e. The summed E-state index contributed by atoms with van der Waals surface area (Å²) < 4.78 is 46.6. The van der Waals surface area contributed by atoms with Crippen LogP contribution in [0, 0.1) is 18.8 Å². The number of carbonyl (C=O) groups excluding carboxylic acids is 1. The first-order chi connectivity index (χ1) is 15.6. The van der Waals surface area contributed by atoms with Gasteiger partial charge in [0, 0.05) is 39.9 Å². The molecular formula is C24H31F3N4O2. The van der Waals surface area contributed by atoms with Crippen LogP contribution in [0.3, 0.4) is 0 Å². The maximum atomic E-state index is 12.8. The van der Waals surface area contributed by atoms with E-state index in [-0.39, 0.29) is 24.7 Å². The van der Waals surface area contributed by atoms with Gasteiger partial charge >= 0.3 is 6.18 Å². The number of carbonyl (C=O) groups is 1. The van der Waals surface area contributed by atoms with Crippen molar-refractivity contribution in [2.24, 2.45) is 11.8 Å². The first-order valence-electron chi connectivity index (χ1n) is 11.3. The van der Waals surface area contributed by atoms with E-state index in [0.717, 1.165) is 49.2 Å². The molecule has 0 unspecified atom stereocenters. The van der Waals surface area contributed by atoms with Gasteiger partial charge in [-0.3, -0.25) is 14.4 Å². The molecule has 4 atom stereocenters. The number of nitrogens with zero attached hydrogens (tertiary/aromatic N) is 4. The van der Waals surface area contributed by atoms with Gasteiger partial charge in [-0.25, -0.2) is 0 Å². The highest BCUT2D eigenvalue weighted by molar-refractivity contribution is 5.76. The molecule has 1 saturated carbocycles. The lowest BCUT2D eigenvalue weighted by molar-refractivity contribution is -0.138. The fourth-order valence-electron chi connectivity index (χ4n) is 5.05. The number of likely N-dealkylation sites (N-methyl/N-ethyl adjacent to an activating group) is 1. The first kappa shape index (κ1) is 23.8. The van der Waals surface area contributed by atoms with Crippen molar-refractivity contribution in [3.63, 3.8) is 0 Å². The lowest BCUT2D eigenvalue weighted by Gasteiger charge is -2.38. The van der Waals surface area contributed by atoms with Gasteiger partial charge in [-0.05, 0) is 54.9 Å². The molecule has 1 aliphatic carbocycles. The molecule has 0 bridgehead atoms. The Morgan fingerprint density at radius 3 is 2.39 bits per heavy atom. The van der Waals surface area contributed by atoms with Crippen LogP contribution >= 0.6 is 0 Å². The lowest BCUT2D eigenvalue weighted by Crippen LogP contribution is -2.40. The average molecular weight is 465 g/mol. The standard InChI is InChI=1S/C24H31F3N4O2/c1-16-10-28-31(11-16)21-8-18-13-30(12-17-4-6-20(7-5-17)24(25,26)27)14-19(18)9-22(21)33-15-23(32)29(2)3/h4-7,10-11,18-19,21-22H,8-9,12-15H2,1-3H3/t18-,19+,21-,22-/m0/s1. The summed E-state index contributed by atoms with van der Waals surface area (Å²) in [6, 6.07) is 5.50. The van der Waals surface area contributed by atoms with E-state index in [4.69, 9.17) is 4.74 Å². The SMILES string of the molecule is Cc1cnn([C@H]2C[C@H]3CN(Cc4ccc(C(F)(F)F)cc4)C[C@H]3C[C@@H]2OCC(=O)N(C)C)c1. The normalized spacial score (nSPS) is 25.8. The molecule has 9 heteroatoms. The first-order valence-corrected chi connectivity index (χ1v) is 11.3. The molecule has 1 amide bonds. The molecule has 4 rings (SSSR count). The van der Waals surface area contributed by atoms with Crippen LogP contribution in [0.4, 0.5) is 13.2 Å². The molecule has 0 spiro atoms. The van der Waals surface area contributed by atoms with E-state index in [0.29, 0.717) is 18.4 Å². The van der Waals surface area contributed by atoms with Crippen LogP contribution in [-0.2, 0) is 22.3 Å². The fourth-order valence-corrected chi connectivity index (χ4v) is 5.05. The Morgan fingerprint density at radius 2 is 1.82 bits per heavy atom. The Balaban J connectivity index is 1.43. The van der Waals surface area contributed by atoms with Gasteiger partial charge in [0.15, 0.2) is 0 Å². The Bertz CT molecular complexity index is 957. The summed E-state index contributed by atoms with van der Waals surface area (Å²) in [7, 11) is 3.43. The van der Waals surface area contributed by atoms with Gasteiger partial charge < -0.3 is 9.64 Å². The van der Waals surface area contributed by atoms with E-state index in [9.17, 15) is 18.0 Å². The van der Waals surface area contributed by atoms with E-state index in [1.165, 1.54) is 4.90 Å². The minimum atomic E-state index is -4.32. The van der Waals surface area contributed by atoms with Crippen molar-refractivity contribution in [1.82, 2.24) is 19.6 Å². The second kappa shape index (κ2) is 9.46. The molecule has 1 aromatic heterocycles. The van der Waals surface area contributed by atoms with Crippen molar-refractivity contribution in [3.8, 4) is 0 Å². The number of halogens is 3. The molecule has 2 aromatic rings. The molecule has 33 heavy (non-hydrogen) atoms. The van der Waals surface area contributed by atoms with Crippen LogP contribution in [0.15, 0.2) is 36.7 Å². The van der Waals surface area contributed by atoms with Crippen molar-refractivity contribution in [2.75, 3.05) is 33.8 Å². The quantitative estimate of drug-likeness (QED) is 0.653. The molecule has 0 radical (unpaired) electrons. The number of amides is 1. The zero-order valence-corrected chi connectivity index (χ0v) is 19.3. The van der Waals surface area contributed by atoms with Crippen LogP contribution in [0.2, 0.25) is 0 Å². The fraction of sp³-hybridized carbons (Fsp3) is 0.583. The monoisotopic (exact) mass is 464 g/mol. The topological polar surface area (TPSA) is 50.6 Å². The van der Waals surface area contributed by atoms with Gasteiger partial charge in [-0.1, -0.05) is 12.1 Å².